The summed E-state index contributed by atoms with van der Waals surface area (Å²) in [5, 5.41) is 3.79. The van der Waals surface area contributed by atoms with Crippen LogP contribution >= 0.6 is 0 Å². The van der Waals surface area contributed by atoms with Crippen molar-refractivity contribution in [3.8, 4) is 0 Å². The molecule has 1 aliphatic carbocycles. The fraction of sp³-hybridized carbons (Fsp3) is 1.00. The van der Waals surface area contributed by atoms with E-state index in [1.807, 2.05) is 0 Å². The molecule has 15 heavy (non-hydrogen) atoms. The Hall–Kier alpha value is -0.0400. The topological polar surface area (TPSA) is 12.0 Å². The molecule has 1 N–H and O–H groups in total. The summed E-state index contributed by atoms with van der Waals surface area (Å²) in [6.07, 6.45) is 9.78. The summed E-state index contributed by atoms with van der Waals surface area (Å²) in [6.45, 7) is 8.28. The Morgan fingerprint density at radius 1 is 1.27 bits per heavy atom. The predicted molar refractivity (Wildman–Crippen MR) is 68.1 cm³/mol. The lowest BCUT2D eigenvalue weighted by Crippen LogP contribution is -2.34. The van der Waals surface area contributed by atoms with Gasteiger partial charge in [-0.1, -0.05) is 46.5 Å². The van der Waals surface area contributed by atoms with Crippen LogP contribution in [0.1, 0.15) is 65.7 Å². The normalized spacial score (nSPS) is 28.2. The van der Waals surface area contributed by atoms with Crippen molar-refractivity contribution >= 4 is 0 Å². The first-order chi connectivity index (χ1) is 7.27. The van der Waals surface area contributed by atoms with Gasteiger partial charge in [-0.15, -0.1) is 0 Å². The van der Waals surface area contributed by atoms with Crippen LogP contribution in [0.2, 0.25) is 0 Å². The summed E-state index contributed by atoms with van der Waals surface area (Å²) >= 11 is 0. The van der Waals surface area contributed by atoms with Crippen LogP contribution < -0.4 is 5.32 Å². The summed E-state index contributed by atoms with van der Waals surface area (Å²) in [5.41, 5.74) is 0. The van der Waals surface area contributed by atoms with Gasteiger partial charge in [0.1, 0.15) is 0 Å². The van der Waals surface area contributed by atoms with Gasteiger partial charge >= 0.3 is 0 Å². The van der Waals surface area contributed by atoms with E-state index in [0.29, 0.717) is 0 Å². The van der Waals surface area contributed by atoms with E-state index in [-0.39, 0.29) is 0 Å². The maximum Gasteiger partial charge on any atom is 0.00928 e. The molecule has 0 aliphatic heterocycles. The van der Waals surface area contributed by atoms with E-state index in [1.54, 1.807) is 0 Å². The van der Waals surface area contributed by atoms with Crippen LogP contribution in [0.3, 0.4) is 0 Å². The van der Waals surface area contributed by atoms with E-state index < -0.39 is 0 Å². The fourth-order valence-electron chi connectivity index (χ4n) is 2.71. The molecule has 0 aromatic carbocycles. The molecule has 1 heteroatoms. The van der Waals surface area contributed by atoms with Gasteiger partial charge in [-0.3, -0.25) is 0 Å². The van der Waals surface area contributed by atoms with Crippen LogP contribution in [0.25, 0.3) is 0 Å². The lowest BCUT2D eigenvalue weighted by Gasteiger charge is -2.21. The quantitative estimate of drug-likeness (QED) is 0.671. The molecule has 0 aromatic heterocycles. The van der Waals surface area contributed by atoms with Gasteiger partial charge in [-0.05, 0) is 37.6 Å². The molecule has 0 amide bonds. The third-order valence-corrected chi connectivity index (χ3v) is 4.07. The number of unbranched alkanes of at least 4 members (excludes halogenated alkanes) is 1. The largest absolute Gasteiger partial charge is 0.313 e. The molecule has 0 radical (unpaired) electrons. The highest BCUT2D eigenvalue weighted by molar-refractivity contribution is 4.80. The minimum absolute atomic E-state index is 0.820. The molecule has 0 bridgehead atoms. The van der Waals surface area contributed by atoms with Crippen molar-refractivity contribution in [3.63, 3.8) is 0 Å². The molecule has 0 spiro atoms. The summed E-state index contributed by atoms with van der Waals surface area (Å²) in [4.78, 5) is 0. The molecule has 1 rings (SSSR count). The Morgan fingerprint density at radius 3 is 2.60 bits per heavy atom. The van der Waals surface area contributed by atoms with E-state index in [1.165, 1.54) is 51.5 Å². The molecule has 3 atom stereocenters. The molecule has 3 unspecified atom stereocenters. The minimum Gasteiger partial charge on any atom is -0.313 e. The minimum atomic E-state index is 0.820. The van der Waals surface area contributed by atoms with Gasteiger partial charge in [-0.2, -0.15) is 0 Å². The lowest BCUT2D eigenvalue weighted by atomic mass is 9.98. The second-order valence-electron chi connectivity index (χ2n) is 5.34. The van der Waals surface area contributed by atoms with Gasteiger partial charge in [0.15, 0.2) is 0 Å². The number of hydrogen-bond donors (Lipinski definition) is 1. The first kappa shape index (κ1) is 13.0. The molecule has 0 saturated heterocycles. The third-order valence-electron chi connectivity index (χ3n) is 4.07. The Morgan fingerprint density at radius 2 is 2.07 bits per heavy atom. The second kappa shape index (κ2) is 7.27. The smallest absolute Gasteiger partial charge is 0.00928 e. The maximum absolute atomic E-state index is 3.79. The van der Waals surface area contributed by atoms with E-state index in [2.05, 4.69) is 26.1 Å². The van der Waals surface area contributed by atoms with E-state index in [4.69, 9.17) is 0 Å². The fourth-order valence-corrected chi connectivity index (χ4v) is 2.71. The van der Waals surface area contributed by atoms with Crippen LogP contribution in [-0.4, -0.2) is 12.6 Å². The van der Waals surface area contributed by atoms with Crippen LogP contribution in [-0.2, 0) is 0 Å². The highest BCUT2D eigenvalue weighted by Gasteiger charge is 2.23. The van der Waals surface area contributed by atoms with E-state index in [0.717, 1.165) is 17.9 Å². The molecule has 1 nitrogen and oxygen atoms in total. The van der Waals surface area contributed by atoms with Crippen LogP contribution in [0.15, 0.2) is 0 Å². The standard InChI is InChI=1S/C14H29N/c1-4-6-9-13(5-2)11-15-14-10-7-8-12(14)3/h12-15H,4-11H2,1-3H3. The molecule has 0 aromatic rings. The Balaban J connectivity index is 2.15. The number of nitrogens with one attached hydrogen (secondary N) is 1. The number of hydrogen-bond acceptors (Lipinski definition) is 1. The summed E-state index contributed by atoms with van der Waals surface area (Å²) in [7, 11) is 0. The molecule has 90 valence electrons. The Bertz CT molecular complexity index is 155. The first-order valence-corrected chi connectivity index (χ1v) is 7.01. The van der Waals surface area contributed by atoms with Crippen molar-refractivity contribution in [2.75, 3.05) is 6.54 Å². The summed E-state index contributed by atoms with van der Waals surface area (Å²) in [6, 6.07) is 0.820. The SMILES string of the molecule is CCCCC(CC)CNC1CCCC1C. The van der Waals surface area contributed by atoms with Gasteiger partial charge < -0.3 is 5.32 Å². The monoisotopic (exact) mass is 211 g/mol. The van der Waals surface area contributed by atoms with Crippen molar-refractivity contribution in [2.45, 2.75) is 71.8 Å². The predicted octanol–water partition coefficient (Wildman–Crippen LogP) is 3.98. The summed E-state index contributed by atoms with van der Waals surface area (Å²) in [5.74, 6) is 1.83. The van der Waals surface area contributed by atoms with Crippen molar-refractivity contribution in [1.29, 1.82) is 0 Å². The van der Waals surface area contributed by atoms with Crippen molar-refractivity contribution in [1.82, 2.24) is 5.32 Å². The number of rotatable bonds is 7. The zero-order chi connectivity index (χ0) is 11.1. The highest BCUT2D eigenvalue weighted by Crippen LogP contribution is 2.25. The van der Waals surface area contributed by atoms with Crippen molar-refractivity contribution in [3.05, 3.63) is 0 Å². The van der Waals surface area contributed by atoms with E-state index >= 15 is 0 Å². The van der Waals surface area contributed by atoms with E-state index in [9.17, 15) is 0 Å². The second-order valence-corrected chi connectivity index (χ2v) is 5.34. The zero-order valence-electron chi connectivity index (χ0n) is 10.9. The molecule has 1 aliphatic rings. The van der Waals surface area contributed by atoms with Crippen molar-refractivity contribution < 1.29 is 0 Å². The average molecular weight is 211 g/mol. The van der Waals surface area contributed by atoms with Gasteiger partial charge in [0.2, 0.25) is 0 Å². The van der Waals surface area contributed by atoms with Crippen LogP contribution in [0.5, 0.6) is 0 Å². The van der Waals surface area contributed by atoms with Gasteiger partial charge in [0.05, 0.1) is 0 Å². The molecule has 1 saturated carbocycles. The molecule has 1 fully saturated rings. The van der Waals surface area contributed by atoms with Gasteiger partial charge in [-0.25, -0.2) is 0 Å². The van der Waals surface area contributed by atoms with Crippen molar-refractivity contribution in [2.24, 2.45) is 11.8 Å². The molecular weight excluding hydrogens is 182 g/mol. The molecular formula is C14H29N. The lowest BCUT2D eigenvalue weighted by molar-refractivity contribution is 0.356. The third kappa shape index (κ3) is 4.55. The first-order valence-electron chi connectivity index (χ1n) is 7.01. The Kier molecular flexibility index (Phi) is 6.31. The van der Waals surface area contributed by atoms with Crippen LogP contribution in [0.4, 0.5) is 0 Å². The van der Waals surface area contributed by atoms with Crippen LogP contribution in [0, 0.1) is 11.8 Å². The van der Waals surface area contributed by atoms with Gasteiger partial charge in [0, 0.05) is 6.04 Å². The highest BCUT2D eigenvalue weighted by atomic mass is 14.9. The summed E-state index contributed by atoms with van der Waals surface area (Å²) < 4.78 is 0. The molecule has 0 heterocycles. The Labute approximate surface area is 96.0 Å². The zero-order valence-corrected chi connectivity index (χ0v) is 10.9. The maximum atomic E-state index is 3.79. The van der Waals surface area contributed by atoms with Gasteiger partial charge in [0.25, 0.3) is 0 Å². The average Bonchev–Trinajstić information content (AvgIpc) is 2.65.